The number of carbonyl (C=O) groups is 1. The van der Waals surface area contributed by atoms with Crippen LogP contribution in [-0.4, -0.2) is 5.78 Å². The average molecular weight is 248 g/mol. The Morgan fingerprint density at radius 3 is 2.05 bits per heavy atom. The molecule has 2 aromatic rings. The number of hydrogen-bond donors (Lipinski definition) is 0. The first-order valence-corrected chi connectivity index (χ1v) is 6.63. The average Bonchev–Trinajstić information content (AvgIpc) is 2.77. The van der Waals surface area contributed by atoms with Gasteiger partial charge >= 0.3 is 0 Å². The van der Waals surface area contributed by atoms with Gasteiger partial charge in [-0.05, 0) is 22.8 Å². The second-order valence-electron chi connectivity index (χ2n) is 5.05. The summed E-state index contributed by atoms with van der Waals surface area (Å²) in [6.07, 6.45) is 1.82. The zero-order valence-electron chi connectivity index (χ0n) is 10.9. The number of hydrogen-bond acceptors (Lipinski definition) is 1. The summed E-state index contributed by atoms with van der Waals surface area (Å²) in [5, 5.41) is 0. The van der Waals surface area contributed by atoms with E-state index in [1.54, 1.807) is 0 Å². The van der Waals surface area contributed by atoms with Crippen molar-refractivity contribution in [2.24, 2.45) is 5.92 Å². The molecule has 0 amide bonds. The van der Waals surface area contributed by atoms with Gasteiger partial charge in [-0.15, -0.1) is 0 Å². The molecule has 1 nitrogen and oxygen atoms in total. The standard InChI is InChI=1S/C18H16O/c1-13-17(19)12-16(14-8-4-2-5-9-14)18(13)15-10-6-3-7-11-15/h2-13,18H,1H3. The smallest absolute Gasteiger partial charge is 0.159 e. The zero-order valence-corrected chi connectivity index (χ0v) is 10.9. The highest BCUT2D eigenvalue weighted by Gasteiger charge is 2.34. The van der Waals surface area contributed by atoms with Crippen LogP contribution in [0.1, 0.15) is 24.0 Å². The van der Waals surface area contributed by atoms with E-state index in [1.807, 2.05) is 49.4 Å². The van der Waals surface area contributed by atoms with E-state index in [2.05, 4.69) is 24.3 Å². The lowest BCUT2D eigenvalue weighted by Gasteiger charge is -2.19. The lowest BCUT2D eigenvalue weighted by atomic mass is 9.83. The summed E-state index contributed by atoms with van der Waals surface area (Å²) >= 11 is 0. The molecule has 1 aliphatic rings. The van der Waals surface area contributed by atoms with E-state index in [4.69, 9.17) is 0 Å². The highest BCUT2D eigenvalue weighted by Crippen LogP contribution is 2.43. The second kappa shape index (κ2) is 4.85. The largest absolute Gasteiger partial charge is 0.295 e. The van der Waals surface area contributed by atoms with E-state index in [-0.39, 0.29) is 17.6 Å². The Balaban J connectivity index is 2.07. The maximum Gasteiger partial charge on any atom is 0.159 e. The summed E-state index contributed by atoms with van der Waals surface area (Å²) in [4.78, 5) is 12.1. The third-order valence-corrected chi connectivity index (χ3v) is 3.85. The molecule has 0 spiro atoms. The molecule has 2 unspecified atom stereocenters. The molecular weight excluding hydrogens is 232 g/mol. The number of rotatable bonds is 2. The summed E-state index contributed by atoms with van der Waals surface area (Å²) in [7, 11) is 0. The lowest BCUT2D eigenvalue weighted by molar-refractivity contribution is -0.117. The molecule has 0 saturated carbocycles. The van der Waals surface area contributed by atoms with Gasteiger partial charge < -0.3 is 0 Å². The maximum absolute atomic E-state index is 12.1. The predicted molar refractivity (Wildman–Crippen MR) is 77.8 cm³/mol. The highest BCUT2D eigenvalue weighted by atomic mass is 16.1. The number of carbonyl (C=O) groups excluding carboxylic acids is 1. The fraction of sp³-hybridized carbons (Fsp3) is 0.167. The van der Waals surface area contributed by atoms with Crippen molar-refractivity contribution in [3.05, 3.63) is 77.9 Å². The van der Waals surface area contributed by atoms with E-state index >= 15 is 0 Å². The predicted octanol–water partition coefficient (Wildman–Crippen LogP) is 4.07. The minimum absolute atomic E-state index is 0.0256. The van der Waals surface area contributed by atoms with Crippen molar-refractivity contribution < 1.29 is 4.79 Å². The van der Waals surface area contributed by atoms with E-state index in [1.165, 1.54) is 5.56 Å². The molecule has 0 heterocycles. The molecule has 3 rings (SSSR count). The minimum atomic E-state index is 0.0256. The third-order valence-electron chi connectivity index (χ3n) is 3.85. The lowest BCUT2D eigenvalue weighted by Crippen LogP contribution is -2.11. The molecule has 0 bridgehead atoms. The molecular formula is C18H16O. The van der Waals surface area contributed by atoms with Gasteiger partial charge in [-0.25, -0.2) is 0 Å². The molecule has 0 aromatic heterocycles. The third kappa shape index (κ3) is 2.12. The first-order chi connectivity index (χ1) is 9.27. The van der Waals surface area contributed by atoms with Crippen LogP contribution in [0.2, 0.25) is 0 Å². The van der Waals surface area contributed by atoms with Crippen LogP contribution in [0.5, 0.6) is 0 Å². The van der Waals surface area contributed by atoms with Gasteiger partial charge in [0, 0.05) is 11.8 Å². The van der Waals surface area contributed by atoms with Crippen LogP contribution in [0.4, 0.5) is 0 Å². The summed E-state index contributed by atoms with van der Waals surface area (Å²) in [5.74, 6) is 0.432. The van der Waals surface area contributed by atoms with Gasteiger partial charge in [-0.2, -0.15) is 0 Å². The van der Waals surface area contributed by atoms with E-state index in [9.17, 15) is 4.79 Å². The topological polar surface area (TPSA) is 17.1 Å². The number of allylic oxidation sites excluding steroid dienone is 2. The van der Waals surface area contributed by atoms with Crippen molar-refractivity contribution >= 4 is 11.4 Å². The van der Waals surface area contributed by atoms with E-state index in [0.29, 0.717) is 0 Å². The zero-order chi connectivity index (χ0) is 13.2. The molecule has 94 valence electrons. The Labute approximate surface area is 113 Å². The number of ketones is 1. The first-order valence-electron chi connectivity index (χ1n) is 6.63. The van der Waals surface area contributed by atoms with Crippen molar-refractivity contribution in [1.82, 2.24) is 0 Å². The van der Waals surface area contributed by atoms with Gasteiger partial charge in [-0.3, -0.25) is 4.79 Å². The fourth-order valence-electron chi connectivity index (χ4n) is 2.83. The quantitative estimate of drug-likeness (QED) is 0.783. The summed E-state index contributed by atoms with van der Waals surface area (Å²) in [6.45, 7) is 2.02. The normalized spacial score (nSPS) is 22.4. The van der Waals surface area contributed by atoms with Crippen molar-refractivity contribution in [2.75, 3.05) is 0 Å². The number of benzene rings is 2. The Bertz CT molecular complexity index is 611. The highest BCUT2D eigenvalue weighted by molar-refractivity contribution is 6.05. The van der Waals surface area contributed by atoms with Crippen LogP contribution in [0.3, 0.4) is 0 Å². The Kier molecular flexibility index (Phi) is 3.04. The maximum atomic E-state index is 12.1. The van der Waals surface area contributed by atoms with Crippen LogP contribution in [0, 0.1) is 5.92 Å². The molecule has 19 heavy (non-hydrogen) atoms. The van der Waals surface area contributed by atoms with E-state index in [0.717, 1.165) is 11.1 Å². The molecule has 0 saturated heterocycles. The van der Waals surface area contributed by atoms with Gasteiger partial charge in [0.15, 0.2) is 5.78 Å². The minimum Gasteiger partial charge on any atom is -0.295 e. The van der Waals surface area contributed by atoms with Crippen LogP contribution < -0.4 is 0 Å². The van der Waals surface area contributed by atoms with Gasteiger partial charge in [0.05, 0.1) is 0 Å². The fourth-order valence-corrected chi connectivity index (χ4v) is 2.83. The Morgan fingerprint density at radius 2 is 1.42 bits per heavy atom. The summed E-state index contributed by atoms with van der Waals surface area (Å²) < 4.78 is 0. The molecule has 0 fully saturated rings. The summed E-state index contributed by atoms with van der Waals surface area (Å²) in [5.41, 5.74) is 3.51. The Hall–Kier alpha value is -2.15. The van der Waals surface area contributed by atoms with Crippen molar-refractivity contribution in [3.63, 3.8) is 0 Å². The van der Waals surface area contributed by atoms with Crippen molar-refractivity contribution in [1.29, 1.82) is 0 Å². The SMILES string of the molecule is CC1C(=O)C=C(c2ccccc2)C1c1ccccc1. The van der Waals surface area contributed by atoms with Gasteiger partial charge in [-0.1, -0.05) is 67.6 Å². The van der Waals surface area contributed by atoms with Crippen molar-refractivity contribution in [2.45, 2.75) is 12.8 Å². The monoisotopic (exact) mass is 248 g/mol. The van der Waals surface area contributed by atoms with Gasteiger partial charge in [0.1, 0.15) is 0 Å². The molecule has 1 heteroatoms. The molecule has 2 aromatic carbocycles. The molecule has 0 aliphatic heterocycles. The van der Waals surface area contributed by atoms with Crippen molar-refractivity contribution in [3.8, 4) is 0 Å². The second-order valence-corrected chi connectivity index (χ2v) is 5.05. The van der Waals surface area contributed by atoms with Gasteiger partial charge in [0.2, 0.25) is 0 Å². The van der Waals surface area contributed by atoms with Crippen LogP contribution in [0.25, 0.3) is 5.57 Å². The van der Waals surface area contributed by atoms with Crippen LogP contribution in [0.15, 0.2) is 66.7 Å². The molecule has 1 aliphatic carbocycles. The molecule has 2 atom stereocenters. The molecule has 0 radical (unpaired) electrons. The first kappa shape index (κ1) is 11.9. The van der Waals surface area contributed by atoms with E-state index < -0.39 is 0 Å². The van der Waals surface area contributed by atoms with Gasteiger partial charge in [0.25, 0.3) is 0 Å². The Morgan fingerprint density at radius 1 is 0.842 bits per heavy atom. The molecule has 0 N–H and O–H groups in total. The van der Waals surface area contributed by atoms with Crippen LogP contribution >= 0.6 is 0 Å². The summed E-state index contributed by atoms with van der Waals surface area (Å²) in [6, 6.07) is 20.5. The van der Waals surface area contributed by atoms with Crippen LogP contribution in [-0.2, 0) is 4.79 Å².